The molecule has 1 aromatic heterocycles. The average Bonchev–Trinajstić information content (AvgIpc) is 3.07. The van der Waals surface area contributed by atoms with Crippen molar-refractivity contribution in [1.29, 1.82) is 0 Å². The number of rotatable bonds is 4. The minimum absolute atomic E-state index is 0.0675. The fraction of sp³-hybridized carbons (Fsp3) is 0.714. The number of halogens is 1. The lowest BCUT2D eigenvalue weighted by Crippen LogP contribution is -2.28. The maximum Gasteiger partial charge on any atom is 0.302 e. The molecule has 0 spiro atoms. The molecule has 0 N–H and O–H groups in total. The topological polar surface area (TPSA) is 72.3 Å². The van der Waals surface area contributed by atoms with E-state index in [-0.39, 0.29) is 18.9 Å². The third-order valence-electron chi connectivity index (χ3n) is 4.43. The number of hydrogen-bond donors (Lipinski definition) is 0. The SMILES string of the molecule is Cc1cc(N2CC(CS(=O)(=O)F)CC2=O)n(C2CCCC2)n1. The highest BCUT2D eigenvalue weighted by Gasteiger charge is 2.36. The fourth-order valence-corrected chi connectivity index (χ4v) is 4.30. The third kappa shape index (κ3) is 3.16. The molecule has 2 aliphatic rings. The molecular weight excluding hydrogens is 309 g/mol. The normalized spacial score (nSPS) is 23.6. The van der Waals surface area contributed by atoms with E-state index in [1.807, 2.05) is 17.7 Å². The first-order chi connectivity index (χ1) is 10.3. The number of hydrogen-bond acceptors (Lipinski definition) is 4. The van der Waals surface area contributed by atoms with Gasteiger partial charge in [0.15, 0.2) is 0 Å². The maximum atomic E-state index is 12.9. The van der Waals surface area contributed by atoms with Crippen LogP contribution >= 0.6 is 0 Å². The largest absolute Gasteiger partial charge is 0.302 e. The van der Waals surface area contributed by atoms with Crippen molar-refractivity contribution in [1.82, 2.24) is 9.78 Å². The van der Waals surface area contributed by atoms with Crippen LogP contribution in [0.3, 0.4) is 0 Å². The van der Waals surface area contributed by atoms with Crippen molar-refractivity contribution in [3.05, 3.63) is 11.8 Å². The summed E-state index contributed by atoms with van der Waals surface area (Å²) in [5.41, 5.74) is 0.830. The molecular formula is C14H20FN3O3S. The highest BCUT2D eigenvalue weighted by molar-refractivity contribution is 7.86. The van der Waals surface area contributed by atoms with E-state index in [0.717, 1.165) is 31.4 Å². The van der Waals surface area contributed by atoms with Gasteiger partial charge in [-0.1, -0.05) is 12.8 Å². The van der Waals surface area contributed by atoms with Gasteiger partial charge in [-0.3, -0.25) is 9.69 Å². The van der Waals surface area contributed by atoms with Gasteiger partial charge in [-0.2, -0.15) is 13.5 Å². The zero-order valence-electron chi connectivity index (χ0n) is 12.5. The van der Waals surface area contributed by atoms with Gasteiger partial charge in [-0.25, -0.2) is 4.68 Å². The van der Waals surface area contributed by atoms with Gasteiger partial charge < -0.3 is 0 Å². The van der Waals surface area contributed by atoms with Gasteiger partial charge in [-0.15, -0.1) is 3.89 Å². The van der Waals surface area contributed by atoms with Crippen LogP contribution < -0.4 is 4.90 Å². The Balaban J connectivity index is 1.83. The fourth-order valence-electron chi connectivity index (χ4n) is 3.52. The summed E-state index contributed by atoms with van der Waals surface area (Å²) in [6.07, 6.45) is 4.45. The minimum atomic E-state index is -4.56. The number of carbonyl (C=O) groups excluding carboxylic acids is 1. The molecule has 6 nitrogen and oxygen atoms in total. The first-order valence-electron chi connectivity index (χ1n) is 7.62. The van der Waals surface area contributed by atoms with E-state index in [9.17, 15) is 17.1 Å². The zero-order chi connectivity index (χ0) is 15.9. The third-order valence-corrected chi connectivity index (χ3v) is 5.29. The highest BCUT2D eigenvalue weighted by Crippen LogP contribution is 2.35. The second-order valence-corrected chi connectivity index (χ2v) is 7.72. The van der Waals surface area contributed by atoms with Crippen LogP contribution in [0.5, 0.6) is 0 Å². The van der Waals surface area contributed by atoms with Crippen molar-refractivity contribution < 1.29 is 17.1 Å². The minimum Gasteiger partial charge on any atom is -0.297 e. The van der Waals surface area contributed by atoms with Crippen molar-refractivity contribution in [2.24, 2.45) is 5.92 Å². The molecule has 2 heterocycles. The van der Waals surface area contributed by atoms with Crippen LogP contribution in [0, 0.1) is 12.8 Å². The molecule has 1 aromatic rings. The smallest absolute Gasteiger partial charge is 0.297 e. The van der Waals surface area contributed by atoms with Crippen molar-refractivity contribution in [3.63, 3.8) is 0 Å². The molecule has 22 heavy (non-hydrogen) atoms. The van der Waals surface area contributed by atoms with E-state index in [1.54, 1.807) is 4.90 Å². The predicted octanol–water partition coefficient (Wildman–Crippen LogP) is 1.96. The van der Waals surface area contributed by atoms with E-state index in [0.29, 0.717) is 11.9 Å². The number of amides is 1. The summed E-state index contributed by atoms with van der Waals surface area (Å²) in [5.74, 6) is -0.526. The van der Waals surface area contributed by atoms with E-state index in [1.165, 1.54) is 0 Å². The number of aryl methyl sites for hydroxylation is 1. The first-order valence-corrected chi connectivity index (χ1v) is 9.17. The standard InChI is InChI=1S/C14H20FN3O3S/c1-10-6-13(18(16-10)12-4-2-3-5-12)17-8-11(7-14(17)19)9-22(15,20)21/h6,11-12H,2-5,7-9H2,1H3. The molecule has 0 bridgehead atoms. The van der Waals surface area contributed by atoms with Crippen molar-refractivity contribution in [2.75, 3.05) is 17.2 Å². The predicted molar refractivity (Wildman–Crippen MR) is 79.8 cm³/mol. The zero-order valence-corrected chi connectivity index (χ0v) is 13.4. The summed E-state index contributed by atoms with van der Waals surface area (Å²) in [4.78, 5) is 13.8. The van der Waals surface area contributed by atoms with Crippen LogP contribution in [-0.4, -0.2) is 36.4 Å². The molecule has 122 valence electrons. The van der Waals surface area contributed by atoms with Gasteiger partial charge in [-0.05, 0) is 19.8 Å². The Morgan fingerprint density at radius 2 is 2.05 bits per heavy atom. The number of carbonyl (C=O) groups is 1. The van der Waals surface area contributed by atoms with Crippen LogP contribution in [-0.2, 0) is 15.0 Å². The summed E-state index contributed by atoms with van der Waals surface area (Å²) < 4.78 is 36.4. The van der Waals surface area contributed by atoms with Crippen LogP contribution in [0.2, 0.25) is 0 Å². The molecule has 0 aromatic carbocycles. The Kier molecular flexibility index (Phi) is 3.96. The van der Waals surface area contributed by atoms with Crippen LogP contribution in [0.1, 0.15) is 43.8 Å². The number of nitrogens with zero attached hydrogens (tertiary/aromatic N) is 3. The molecule has 2 fully saturated rings. The lowest BCUT2D eigenvalue weighted by atomic mass is 10.1. The first kappa shape index (κ1) is 15.5. The van der Waals surface area contributed by atoms with Crippen molar-refractivity contribution >= 4 is 21.9 Å². The van der Waals surface area contributed by atoms with Gasteiger partial charge in [0.05, 0.1) is 17.5 Å². The summed E-state index contributed by atoms with van der Waals surface area (Å²) in [5, 5.41) is 4.50. The second-order valence-electron chi connectivity index (χ2n) is 6.31. The van der Waals surface area contributed by atoms with E-state index in [4.69, 9.17) is 0 Å². The molecule has 1 aliphatic heterocycles. The summed E-state index contributed by atoms with van der Waals surface area (Å²) in [6.45, 7) is 2.11. The molecule has 3 rings (SSSR count). The number of anilines is 1. The Morgan fingerprint density at radius 3 is 2.68 bits per heavy atom. The van der Waals surface area contributed by atoms with E-state index >= 15 is 0 Å². The molecule has 0 radical (unpaired) electrons. The van der Waals surface area contributed by atoms with Gasteiger partial charge in [0.1, 0.15) is 5.82 Å². The van der Waals surface area contributed by atoms with E-state index < -0.39 is 21.9 Å². The van der Waals surface area contributed by atoms with Crippen molar-refractivity contribution in [2.45, 2.75) is 45.1 Å². The van der Waals surface area contributed by atoms with Crippen LogP contribution in [0.25, 0.3) is 0 Å². The van der Waals surface area contributed by atoms with Crippen LogP contribution in [0.15, 0.2) is 6.07 Å². The summed E-state index contributed by atoms with van der Waals surface area (Å²) >= 11 is 0. The maximum absolute atomic E-state index is 12.9. The van der Waals surface area contributed by atoms with Gasteiger partial charge >= 0.3 is 10.2 Å². The molecule has 8 heteroatoms. The lowest BCUT2D eigenvalue weighted by Gasteiger charge is -2.21. The molecule has 1 aliphatic carbocycles. The van der Waals surface area contributed by atoms with Crippen molar-refractivity contribution in [3.8, 4) is 0 Å². The second kappa shape index (κ2) is 5.64. The monoisotopic (exact) mass is 329 g/mol. The molecule has 1 saturated heterocycles. The quantitative estimate of drug-likeness (QED) is 0.792. The highest BCUT2D eigenvalue weighted by atomic mass is 32.3. The summed E-state index contributed by atoms with van der Waals surface area (Å²) in [6, 6.07) is 2.14. The number of aromatic nitrogens is 2. The Morgan fingerprint density at radius 1 is 1.36 bits per heavy atom. The Bertz CT molecular complexity index is 680. The van der Waals surface area contributed by atoms with Crippen LogP contribution in [0.4, 0.5) is 9.70 Å². The van der Waals surface area contributed by atoms with Gasteiger partial charge in [0.2, 0.25) is 5.91 Å². The summed E-state index contributed by atoms with van der Waals surface area (Å²) in [7, 11) is -4.56. The van der Waals surface area contributed by atoms with Gasteiger partial charge in [0, 0.05) is 24.9 Å². The molecule has 1 unspecified atom stereocenters. The van der Waals surface area contributed by atoms with E-state index in [2.05, 4.69) is 5.10 Å². The lowest BCUT2D eigenvalue weighted by molar-refractivity contribution is -0.117. The Hall–Kier alpha value is -1.44. The Labute approximate surface area is 129 Å². The molecule has 1 amide bonds. The van der Waals surface area contributed by atoms with Gasteiger partial charge in [0.25, 0.3) is 0 Å². The molecule has 1 atom stereocenters. The molecule has 1 saturated carbocycles. The average molecular weight is 329 g/mol.